The number of nitrogens with zero attached hydrogens (tertiary/aromatic N) is 1. The van der Waals surface area contributed by atoms with Gasteiger partial charge < -0.3 is 9.64 Å². The molecule has 2 aromatic carbocycles. The summed E-state index contributed by atoms with van der Waals surface area (Å²) in [6.45, 7) is 3.01. The highest BCUT2D eigenvalue weighted by Gasteiger charge is 2.32. The van der Waals surface area contributed by atoms with Gasteiger partial charge in [0.2, 0.25) is 0 Å². The SMILES string of the molecule is Cc1cccc(Oc2ccc3c(c2)SNCN3C2CC2)c1. The first-order valence-corrected chi connectivity index (χ1v) is 8.16. The van der Waals surface area contributed by atoms with E-state index in [-0.39, 0.29) is 0 Å². The number of rotatable bonds is 3. The average molecular weight is 298 g/mol. The molecule has 4 heteroatoms. The highest BCUT2D eigenvalue weighted by atomic mass is 32.2. The molecule has 1 fully saturated rings. The molecule has 2 aromatic rings. The zero-order valence-corrected chi connectivity index (χ0v) is 12.8. The van der Waals surface area contributed by atoms with Gasteiger partial charge in [-0.25, -0.2) is 4.72 Å². The van der Waals surface area contributed by atoms with Crippen molar-refractivity contribution in [1.82, 2.24) is 4.72 Å². The Morgan fingerprint density at radius 1 is 1.14 bits per heavy atom. The summed E-state index contributed by atoms with van der Waals surface area (Å²) in [4.78, 5) is 3.71. The van der Waals surface area contributed by atoms with E-state index in [9.17, 15) is 0 Å². The number of ether oxygens (including phenoxy) is 1. The van der Waals surface area contributed by atoms with E-state index in [0.29, 0.717) is 0 Å². The second kappa shape index (κ2) is 5.28. The van der Waals surface area contributed by atoms with E-state index in [4.69, 9.17) is 4.74 Å². The van der Waals surface area contributed by atoms with Crippen LogP contribution in [0.5, 0.6) is 11.5 Å². The molecule has 0 saturated heterocycles. The van der Waals surface area contributed by atoms with Crippen molar-refractivity contribution in [3.63, 3.8) is 0 Å². The lowest BCUT2D eigenvalue weighted by Crippen LogP contribution is -2.36. The van der Waals surface area contributed by atoms with Crippen LogP contribution in [0, 0.1) is 6.92 Å². The van der Waals surface area contributed by atoms with Gasteiger partial charge in [0.25, 0.3) is 0 Å². The molecule has 1 aliphatic carbocycles. The van der Waals surface area contributed by atoms with Crippen LogP contribution in [-0.4, -0.2) is 12.7 Å². The maximum atomic E-state index is 5.98. The summed E-state index contributed by atoms with van der Waals surface area (Å²) in [6.07, 6.45) is 2.63. The van der Waals surface area contributed by atoms with Crippen LogP contribution in [0.25, 0.3) is 0 Å². The molecule has 1 saturated carbocycles. The van der Waals surface area contributed by atoms with Crippen LogP contribution in [-0.2, 0) is 0 Å². The molecule has 108 valence electrons. The van der Waals surface area contributed by atoms with Crippen LogP contribution in [0.2, 0.25) is 0 Å². The number of nitrogens with one attached hydrogen (secondary N) is 1. The molecule has 2 aliphatic rings. The van der Waals surface area contributed by atoms with Crippen LogP contribution in [0.4, 0.5) is 5.69 Å². The molecule has 0 atom stereocenters. The van der Waals surface area contributed by atoms with Crippen LogP contribution >= 0.6 is 11.9 Å². The molecule has 0 bridgehead atoms. The fourth-order valence-electron chi connectivity index (χ4n) is 2.67. The number of hydrogen-bond donors (Lipinski definition) is 1. The molecule has 0 unspecified atom stereocenters. The Hall–Kier alpha value is -1.65. The fourth-order valence-corrected chi connectivity index (χ4v) is 3.49. The highest BCUT2D eigenvalue weighted by Crippen LogP contribution is 2.41. The van der Waals surface area contributed by atoms with Gasteiger partial charge in [-0.3, -0.25) is 0 Å². The van der Waals surface area contributed by atoms with Gasteiger partial charge in [-0.15, -0.1) is 0 Å². The van der Waals surface area contributed by atoms with Crippen LogP contribution in [0.15, 0.2) is 47.4 Å². The van der Waals surface area contributed by atoms with Gasteiger partial charge in [-0.05, 0) is 67.6 Å². The molecule has 4 rings (SSSR count). The van der Waals surface area contributed by atoms with E-state index in [1.165, 1.54) is 29.0 Å². The summed E-state index contributed by atoms with van der Waals surface area (Å²) < 4.78 is 9.38. The first-order chi connectivity index (χ1) is 10.3. The molecule has 1 heterocycles. The number of aryl methyl sites for hydroxylation is 1. The number of hydrogen-bond acceptors (Lipinski definition) is 4. The quantitative estimate of drug-likeness (QED) is 0.853. The molecule has 0 amide bonds. The fraction of sp³-hybridized carbons (Fsp3) is 0.294. The Bertz CT molecular complexity index is 670. The summed E-state index contributed by atoms with van der Waals surface area (Å²) in [6, 6.07) is 15.3. The minimum Gasteiger partial charge on any atom is -0.457 e. The maximum absolute atomic E-state index is 5.98. The third-order valence-electron chi connectivity index (χ3n) is 3.87. The molecule has 0 radical (unpaired) electrons. The molecule has 0 aromatic heterocycles. The lowest BCUT2D eigenvalue weighted by molar-refractivity contribution is 0.480. The predicted molar refractivity (Wildman–Crippen MR) is 87.1 cm³/mol. The normalized spacial score (nSPS) is 17.5. The standard InChI is InChI=1S/C17H18N2OS/c1-12-3-2-4-14(9-12)20-15-7-8-16-17(10-15)21-18-11-19(16)13-5-6-13/h2-4,7-10,13,18H,5-6,11H2,1H3. The first-order valence-electron chi connectivity index (χ1n) is 7.34. The van der Waals surface area contributed by atoms with Gasteiger partial charge in [0.1, 0.15) is 11.5 Å². The van der Waals surface area contributed by atoms with E-state index in [1.54, 1.807) is 11.9 Å². The van der Waals surface area contributed by atoms with Crippen LogP contribution in [0.1, 0.15) is 18.4 Å². The van der Waals surface area contributed by atoms with Gasteiger partial charge in [-0.2, -0.15) is 0 Å². The molecular formula is C17H18N2OS. The van der Waals surface area contributed by atoms with Crippen LogP contribution in [0.3, 0.4) is 0 Å². The summed E-state index contributed by atoms with van der Waals surface area (Å²) in [5.74, 6) is 1.79. The molecule has 1 aliphatic heterocycles. The molecular weight excluding hydrogens is 280 g/mol. The summed E-state index contributed by atoms with van der Waals surface area (Å²) >= 11 is 1.69. The zero-order chi connectivity index (χ0) is 14.2. The Kier molecular flexibility index (Phi) is 3.28. The van der Waals surface area contributed by atoms with Crippen molar-refractivity contribution in [1.29, 1.82) is 0 Å². The zero-order valence-electron chi connectivity index (χ0n) is 12.0. The Morgan fingerprint density at radius 2 is 2.00 bits per heavy atom. The predicted octanol–water partition coefficient (Wildman–Crippen LogP) is 4.32. The number of fused-ring (bicyclic) bond motifs is 1. The average Bonchev–Trinajstić information content (AvgIpc) is 3.31. The summed E-state index contributed by atoms with van der Waals surface area (Å²) in [7, 11) is 0. The lowest BCUT2D eigenvalue weighted by atomic mass is 10.2. The van der Waals surface area contributed by atoms with E-state index >= 15 is 0 Å². The second-order valence-electron chi connectivity index (χ2n) is 5.65. The van der Waals surface area contributed by atoms with E-state index < -0.39 is 0 Å². The minimum absolute atomic E-state index is 0.723. The lowest BCUT2D eigenvalue weighted by Gasteiger charge is -2.31. The Morgan fingerprint density at radius 3 is 2.81 bits per heavy atom. The van der Waals surface area contributed by atoms with E-state index in [1.807, 2.05) is 12.1 Å². The smallest absolute Gasteiger partial charge is 0.128 e. The van der Waals surface area contributed by atoms with Gasteiger partial charge >= 0.3 is 0 Å². The van der Waals surface area contributed by atoms with E-state index in [2.05, 4.69) is 46.9 Å². The highest BCUT2D eigenvalue weighted by molar-refractivity contribution is 7.97. The summed E-state index contributed by atoms with van der Waals surface area (Å²) in [5, 5.41) is 0. The Balaban J connectivity index is 1.60. The molecule has 0 spiro atoms. The molecule has 1 N–H and O–H groups in total. The van der Waals surface area contributed by atoms with Gasteiger partial charge in [0.05, 0.1) is 12.4 Å². The van der Waals surface area contributed by atoms with Gasteiger partial charge in [0.15, 0.2) is 0 Å². The van der Waals surface area contributed by atoms with Crippen LogP contribution < -0.4 is 14.4 Å². The largest absolute Gasteiger partial charge is 0.457 e. The third kappa shape index (κ3) is 2.74. The van der Waals surface area contributed by atoms with Crippen molar-refractivity contribution >= 4 is 17.6 Å². The van der Waals surface area contributed by atoms with Gasteiger partial charge in [-0.1, -0.05) is 12.1 Å². The van der Waals surface area contributed by atoms with Gasteiger partial charge in [0, 0.05) is 10.9 Å². The van der Waals surface area contributed by atoms with Crippen molar-refractivity contribution in [2.24, 2.45) is 0 Å². The molecule has 21 heavy (non-hydrogen) atoms. The maximum Gasteiger partial charge on any atom is 0.128 e. The Labute approximate surface area is 129 Å². The van der Waals surface area contributed by atoms with Crippen molar-refractivity contribution in [2.75, 3.05) is 11.6 Å². The third-order valence-corrected chi connectivity index (χ3v) is 4.69. The van der Waals surface area contributed by atoms with Crippen molar-refractivity contribution < 1.29 is 4.74 Å². The minimum atomic E-state index is 0.723. The second-order valence-corrected chi connectivity index (χ2v) is 6.59. The first kappa shape index (κ1) is 13.0. The summed E-state index contributed by atoms with van der Waals surface area (Å²) in [5.41, 5.74) is 2.54. The molecule has 3 nitrogen and oxygen atoms in total. The number of benzene rings is 2. The van der Waals surface area contributed by atoms with Crippen molar-refractivity contribution in [2.45, 2.75) is 30.7 Å². The van der Waals surface area contributed by atoms with Crippen molar-refractivity contribution in [3.05, 3.63) is 48.0 Å². The number of anilines is 1. The monoisotopic (exact) mass is 298 g/mol. The van der Waals surface area contributed by atoms with Crippen molar-refractivity contribution in [3.8, 4) is 11.5 Å². The van der Waals surface area contributed by atoms with E-state index in [0.717, 1.165) is 24.2 Å². The topological polar surface area (TPSA) is 24.5 Å².